The number of carbonyl (C=O) groups excluding carboxylic acids is 1. The summed E-state index contributed by atoms with van der Waals surface area (Å²) in [6.07, 6.45) is 0. The molecule has 3 aromatic carbocycles. The predicted molar refractivity (Wildman–Crippen MR) is 116 cm³/mol. The third kappa shape index (κ3) is 4.43. The summed E-state index contributed by atoms with van der Waals surface area (Å²) in [5.41, 5.74) is 1.03. The Kier molecular flexibility index (Phi) is 5.42. The van der Waals surface area contributed by atoms with Crippen LogP contribution in [0.4, 0.5) is 15.2 Å². The van der Waals surface area contributed by atoms with Crippen molar-refractivity contribution in [3.05, 3.63) is 83.1 Å². The molecular weight excluding hydrogens is 449 g/mol. The highest BCUT2D eigenvalue weighted by molar-refractivity contribution is 7.92. The smallest absolute Gasteiger partial charge is 0.261 e. The molecule has 0 atom stereocenters. The maximum absolute atomic E-state index is 13.3. The van der Waals surface area contributed by atoms with Crippen LogP contribution in [0, 0.1) is 5.82 Å². The van der Waals surface area contributed by atoms with Gasteiger partial charge in [0.1, 0.15) is 5.82 Å². The molecule has 0 aliphatic rings. The van der Waals surface area contributed by atoms with Crippen LogP contribution >= 0.6 is 22.9 Å². The topological polar surface area (TPSA) is 88.2 Å². The molecule has 0 spiro atoms. The van der Waals surface area contributed by atoms with E-state index in [0.29, 0.717) is 20.4 Å². The minimum Gasteiger partial charge on any atom is -0.298 e. The van der Waals surface area contributed by atoms with Gasteiger partial charge in [0.05, 0.1) is 15.1 Å². The lowest BCUT2D eigenvalue weighted by Crippen LogP contribution is -2.15. The van der Waals surface area contributed by atoms with Crippen LogP contribution in [0.15, 0.2) is 71.6 Å². The van der Waals surface area contributed by atoms with Crippen molar-refractivity contribution in [2.75, 3.05) is 10.0 Å². The molecule has 1 amide bonds. The highest BCUT2D eigenvalue weighted by atomic mass is 35.5. The first-order valence-corrected chi connectivity index (χ1v) is 11.2. The maximum atomic E-state index is 13.3. The summed E-state index contributed by atoms with van der Waals surface area (Å²) < 4.78 is 41.4. The van der Waals surface area contributed by atoms with Crippen molar-refractivity contribution in [2.45, 2.75) is 4.90 Å². The number of anilines is 2. The largest absolute Gasteiger partial charge is 0.298 e. The van der Waals surface area contributed by atoms with Crippen LogP contribution in [0.25, 0.3) is 10.2 Å². The first kappa shape index (κ1) is 20.3. The Morgan fingerprint density at radius 3 is 2.57 bits per heavy atom. The number of nitrogens with one attached hydrogen (secondary N) is 2. The summed E-state index contributed by atoms with van der Waals surface area (Å²) in [7, 11) is -3.84. The molecule has 0 aliphatic heterocycles. The summed E-state index contributed by atoms with van der Waals surface area (Å²) in [4.78, 5) is 16.9. The van der Waals surface area contributed by atoms with Gasteiger partial charge in [-0.15, -0.1) is 0 Å². The summed E-state index contributed by atoms with van der Waals surface area (Å²) in [6, 6.07) is 15.9. The molecule has 1 heterocycles. The number of fused-ring (bicyclic) bond motifs is 1. The number of rotatable bonds is 5. The lowest BCUT2D eigenvalue weighted by atomic mass is 10.2. The number of carbonyl (C=O) groups is 1. The Labute approximate surface area is 180 Å². The first-order valence-electron chi connectivity index (χ1n) is 8.56. The molecule has 0 radical (unpaired) electrons. The molecule has 10 heteroatoms. The molecule has 30 heavy (non-hydrogen) atoms. The molecule has 152 valence electrons. The molecule has 0 bridgehead atoms. The average Bonchev–Trinajstić information content (AvgIpc) is 3.09. The third-order valence-electron chi connectivity index (χ3n) is 4.07. The molecule has 0 aliphatic carbocycles. The quantitative estimate of drug-likeness (QED) is 0.430. The number of benzene rings is 3. The van der Waals surface area contributed by atoms with Gasteiger partial charge in [-0.2, -0.15) is 0 Å². The predicted octanol–water partition coefficient (Wildman–Crippen LogP) is 5.14. The summed E-state index contributed by atoms with van der Waals surface area (Å²) in [5.74, 6) is -0.855. The second-order valence-corrected chi connectivity index (χ2v) is 9.37. The fourth-order valence-electron chi connectivity index (χ4n) is 2.67. The number of halogens is 2. The summed E-state index contributed by atoms with van der Waals surface area (Å²) >= 11 is 6.94. The van der Waals surface area contributed by atoms with E-state index in [0.717, 1.165) is 11.3 Å². The highest BCUT2D eigenvalue weighted by Gasteiger charge is 2.16. The van der Waals surface area contributed by atoms with Gasteiger partial charge in [0.2, 0.25) is 0 Å². The summed E-state index contributed by atoms with van der Waals surface area (Å²) in [5, 5.41) is 3.38. The Bertz CT molecular complexity index is 1360. The van der Waals surface area contributed by atoms with Gasteiger partial charge in [-0.25, -0.2) is 17.8 Å². The van der Waals surface area contributed by atoms with Crippen molar-refractivity contribution in [3.63, 3.8) is 0 Å². The molecule has 4 rings (SSSR count). The van der Waals surface area contributed by atoms with Crippen molar-refractivity contribution < 1.29 is 17.6 Å². The number of nitrogens with zero attached hydrogens (tertiary/aromatic N) is 1. The van der Waals surface area contributed by atoms with Gasteiger partial charge in [-0.3, -0.25) is 14.8 Å². The van der Waals surface area contributed by atoms with Crippen LogP contribution in [0.1, 0.15) is 10.4 Å². The molecule has 4 aromatic rings. The lowest BCUT2D eigenvalue weighted by Gasteiger charge is -2.09. The zero-order chi connectivity index (χ0) is 21.3. The van der Waals surface area contributed by atoms with Gasteiger partial charge < -0.3 is 0 Å². The lowest BCUT2D eigenvalue weighted by molar-refractivity contribution is 0.102. The molecule has 0 fully saturated rings. The van der Waals surface area contributed by atoms with E-state index in [9.17, 15) is 17.6 Å². The normalized spacial score (nSPS) is 11.4. The molecular formula is C20H13ClFN3O3S2. The van der Waals surface area contributed by atoms with E-state index in [1.807, 2.05) is 0 Å². The zero-order valence-electron chi connectivity index (χ0n) is 15.1. The van der Waals surface area contributed by atoms with Gasteiger partial charge in [-0.05, 0) is 60.7 Å². The molecule has 0 saturated heterocycles. The number of hydrogen-bond acceptors (Lipinski definition) is 5. The van der Waals surface area contributed by atoms with E-state index in [1.165, 1.54) is 54.6 Å². The van der Waals surface area contributed by atoms with Crippen LogP contribution in [-0.2, 0) is 10.0 Å². The molecule has 6 nitrogen and oxygen atoms in total. The second kappa shape index (κ2) is 8.02. The first-order chi connectivity index (χ1) is 14.3. The Morgan fingerprint density at radius 2 is 1.80 bits per heavy atom. The highest BCUT2D eigenvalue weighted by Crippen LogP contribution is 2.27. The molecule has 2 N–H and O–H groups in total. The Morgan fingerprint density at radius 1 is 1.03 bits per heavy atom. The van der Waals surface area contributed by atoms with E-state index >= 15 is 0 Å². The minimum absolute atomic E-state index is 0.0449. The monoisotopic (exact) mass is 461 g/mol. The fourth-order valence-corrected chi connectivity index (χ4v) is 4.73. The second-order valence-electron chi connectivity index (χ2n) is 6.23. The van der Waals surface area contributed by atoms with E-state index in [4.69, 9.17) is 11.6 Å². The van der Waals surface area contributed by atoms with E-state index in [2.05, 4.69) is 15.0 Å². The standard InChI is InChI=1S/C20H13ClFN3O3S2/c21-13-4-7-16(8-5-13)30(27,28)25-15-3-1-2-12(10-15)19(26)24-20-23-17-9-6-14(22)11-18(17)29-20/h1-11,25H,(H,23,24,26). The maximum Gasteiger partial charge on any atom is 0.261 e. The van der Waals surface area contributed by atoms with Crippen LogP contribution in [-0.4, -0.2) is 19.3 Å². The van der Waals surface area contributed by atoms with Gasteiger partial charge >= 0.3 is 0 Å². The van der Waals surface area contributed by atoms with Crippen molar-refractivity contribution in [2.24, 2.45) is 0 Å². The van der Waals surface area contributed by atoms with E-state index < -0.39 is 15.9 Å². The zero-order valence-corrected chi connectivity index (χ0v) is 17.5. The number of thiazole rings is 1. The Balaban J connectivity index is 1.53. The van der Waals surface area contributed by atoms with Crippen molar-refractivity contribution in [1.82, 2.24) is 4.98 Å². The molecule has 1 aromatic heterocycles. The van der Waals surface area contributed by atoms with Gasteiger partial charge in [0.25, 0.3) is 15.9 Å². The minimum atomic E-state index is -3.84. The van der Waals surface area contributed by atoms with Gasteiger partial charge in [0.15, 0.2) is 5.13 Å². The van der Waals surface area contributed by atoms with Crippen molar-refractivity contribution in [1.29, 1.82) is 0 Å². The van der Waals surface area contributed by atoms with Crippen LogP contribution < -0.4 is 10.0 Å². The van der Waals surface area contributed by atoms with E-state index in [1.54, 1.807) is 12.1 Å². The van der Waals surface area contributed by atoms with Crippen LogP contribution in [0.3, 0.4) is 0 Å². The Hall–Kier alpha value is -3.01. The fraction of sp³-hybridized carbons (Fsp3) is 0. The van der Waals surface area contributed by atoms with Crippen molar-refractivity contribution in [3.8, 4) is 0 Å². The molecule has 0 unspecified atom stereocenters. The average molecular weight is 462 g/mol. The number of hydrogen-bond donors (Lipinski definition) is 2. The van der Waals surface area contributed by atoms with Crippen LogP contribution in [0.5, 0.6) is 0 Å². The van der Waals surface area contributed by atoms with Crippen molar-refractivity contribution >= 4 is 59.9 Å². The molecule has 0 saturated carbocycles. The summed E-state index contributed by atoms with van der Waals surface area (Å²) in [6.45, 7) is 0. The third-order valence-corrected chi connectivity index (χ3v) is 6.65. The van der Waals surface area contributed by atoms with Crippen LogP contribution in [0.2, 0.25) is 5.02 Å². The number of aromatic nitrogens is 1. The number of sulfonamides is 1. The number of amides is 1. The van der Waals surface area contributed by atoms with E-state index in [-0.39, 0.29) is 22.0 Å². The van der Waals surface area contributed by atoms with Gasteiger partial charge in [0, 0.05) is 16.3 Å². The van der Waals surface area contributed by atoms with Gasteiger partial charge in [-0.1, -0.05) is 29.0 Å². The SMILES string of the molecule is O=C(Nc1nc2ccc(F)cc2s1)c1cccc(NS(=O)(=O)c2ccc(Cl)cc2)c1.